The molecule has 2 aliphatic heterocycles. The molecule has 1 aliphatic carbocycles. The van der Waals surface area contributed by atoms with Crippen molar-refractivity contribution in [2.45, 2.75) is 50.2 Å². The van der Waals surface area contributed by atoms with Gasteiger partial charge < -0.3 is 19.1 Å². The number of likely N-dealkylation sites (tertiary alicyclic amines) is 1. The predicted molar refractivity (Wildman–Crippen MR) is 92.0 cm³/mol. The van der Waals surface area contributed by atoms with Crippen LogP contribution in [0.3, 0.4) is 0 Å². The Kier molecular flexibility index (Phi) is 3.86. The molecule has 1 aromatic heterocycles. The third kappa shape index (κ3) is 3.17. The second-order valence-corrected chi connectivity index (χ2v) is 7.69. The molecule has 1 atom stereocenters. The van der Waals surface area contributed by atoms with Crippen molar-refractivity contribution < 1.29 is 19.1 Å². The molecule has 0 bridgehead atoms. The summed E-state index contributed by atoms with van der Waals surface area (Å²) in [5.74, 6) is 3.44. The quantitative estimate of drug-likeness (QED) is 0.879. The number of ether oxygens (including phenoxy) is 2. The van der Waals surface area contributed by atoms with Crippen LogP contribution in [-0.2, 0) is 13.0 Å². The van der Waals surface area contributed by atoms with E-state index in [9.17, 15) is 5.11 Å². The first-order chi connectivity index (χ1) is 12.7. The Hall–Kier alpha value is -2.12. The normalized spacial score (nSPS) is 25.6. The second-order valence-electron chi connectivity index (χ2n) is 7.69. The van der Waals surface area contributed by atoms with Crippen molar-refractivity contribution in [3.05, 3.63) is 35.5 Å². The van der Waals surface area contributed by atoms with E-state index in [4.69, 9.17) is 14.0 Å². The number of benzene rings is 1. The van der Waals surface area contributed by atoms with Gasteiger partial charge in [0.1, 0.15) is 0 Å². The minimum absolute atomic E-state index is 0.275. The van der Waals surface area contributed by atoms with Crippen molar-refractivity contribution in [2.24, 2.45) is 0 Å². The Morgan fingerprint density at radius 2 is 2.19 bits per heavy atom. The zero-order valence-corrected chi connectivity index (χ0v) is 14.7. The molecule has 138 valence electrons. The van der Waals surface area contributed by atoms with Gasteiger partial charge in [0.05, 0.1) is 12.0 Å². The summed E-state index contributed by atoms with van der Waals surface area (Å²) in [6.07, 6.45) is 4.38. The van der Waals surface area contributed by atoms with Gasteiger partial charge in [0.15, 0.2) is 17.3 Å². The second kappa shape index (κ2) is 6.25. The monoisotopic (exact) mass is 357 g/mol. The first kappa shape index (κ1) is 16.1. The lowest BCUT2D eigenvalue weighted by atomic mass is 9.89. The van der Waals surface area contributed by atoms with E-state index >= 15 is 0 Å². The summed E-state index contributed by atoms with van der Waals surface area (Å²) in [5, 5.41) is 15.2. The molecule has 5 rings (SSSR count). The van der Waals surface area contributed by atoms with Crippen LogP contribution in [0, 0.1) is 0 Å². The molecule has 2 aromatic rings. The predicted octanol–water partition coefficient (Wildman–Crippen LogP) is 2.25. The molecule has 26 heavy (non-hydrogen) atoms. The zero-order chi connectivity index (χ0) is 17.6. The summed E-state index contributed by atoms with van der Waals surface area (Å²) < 4.78 is 16.4. The molecule has 7 nitrogen and oxygen atoms in total. The molecule has 1 saturated heterocycles. The summed E-state index contributed by atoms with van der Waals surface area (Å²) >= 11 is 0. The summed E-state index contributed by atoms with van der Waals surface area (Å²) in [6.45, 7) is 2.53. The van der Waals surface area contributed by atoms with E-state index in [1.54, 1.807) is 0 Å². The van der Waals surface area contributed by atoms with Crippen LogP contribution in [-0.4, -0.2) is 45.6 Å². The number of aliphatic hydroxyl groups is 1. The number of aromatic nitrogens is 2. The number of nitrogens with zero attached hydrogens (tertiary/aromatic N) is 3. The molecule has 2 fully saturated rings. The largest absolute Gasteiger partial charge is 0.454 e. The maximum Gasteiger partial charge on any atom is 0.231 e. The van der Waals surface area contributed by atoms with Gasteiger partial charge in [-0.1, -0.05) is 17.3 Å². The van der Waals surface area contributed by atoms with Crippen LogP contribution in [0.5, 0.6) is 11.5 Å². The highest BCUT2D eigenvalue weighted by Crippen LogP contribution is 2.39. The summed E-state index contributed by atoms with van der Waals surface area (Å²) in [7, 11) is 0. The molecule has 0 radical (unpaired) electrons. The van der Waals surface area contributed by atoms with Crippen molar-refractivity contribution in [2.75, 3.05) is 19.9 Å². The van der Waals surface area contributed by atoms with Gasteiger partial charge in [-0.15, -0.1) is 0 Å². The topological polar surface area (TPSA) is 80.9 Å². The van der Waals surface area contributed by atoms with Crippen LogP contribution in [0.1, 0.15) is 48.9 Å². The number of hydrogen-bond acceptors (Lipinski definition) is 7. The van der Waals surface area contributed by atoms with E-state index in [-0.39, 0.29) is 6.79 Å². The number of β-amino-alcohol motifs (C(OH)–C–C–N with tert-alkyl or cyclic N) is 1. The van der Waals surface area contributed by atoms with E-state index in [0.717, 1.165) is 61.7 Å². The zero-order valence-electron chi connectivity index (χ0n) is 14.7. The van der Waals surface area contributed by atoms with Crippen LogP contribution >= 0.6 is 0 Å². The molecule has 0 spiro atoms. The van der Waals surface area contributed by atoms with E-state index in [1.165, 1.54) is 0 Å². The van der Waals surface area contributed by atoms with Crippen LogP contribution < -0.4 is 9.47 Å². The lowest BCUT2D eigenvalue weighted by molar-refractivity contribution is -0.0375. The third-order valence-corrected chi connectivity index (χ3v) is 5.41. The van der Waals surface area contributed by atoms with Gasteiger partial charge in [-0.25, -0.2) is 0 Å². The minimum atomic E-state index is -0.832. The van der Waals surface area contributed by atoms with E-state index in [0.29, 0.717) is 24.8 Å². The average Bonchev–Trinajstić information content (AvgIpc) is 3.17. The maximum atomic E-state index is 11.1. The highest BCUT2D eigenvalue weighted by Gasteiger charge is 2.37. The molecule has 0 amide bonds. The number of hydrogen-bond donors (Lipinski definition) is 1. The summed E-state index contributed by atoms with van der Waals surface area (Å²) in [5.41, 5.74) is 0.263. The van der Waals surface area contributed by atoms with Crippen molar-refractivity contribution in [1.29, 1.82) is 0 Å². The number of fused-ring (bicyclic) bond motifs is 1. The van der Waals surface area contributed by atoms with Crippen molar-refractivity contribution in [1.82, 2.24) is 15.0 Å². The number of piperidine rings is 1. The lowest BCUT2D eigenvalue weighted by Crippen LogP contribution is -2.49. The fourth-order valence-electron chi connectivity index (χ4n) is 3.97. The van der Waals surface area contributed by atoms with Gasteiger partial charge in [-0.3, -0.25) is 4.90 Å². The SMILES string of the molecule is OC1(Cc2nc(C3CC3)no2)CCCN(Cc2cccc3c2OCO3)C1. The van der Waals surface area contributed by atoms with Crippen LogP contribution in [0.2, 0.25) is 0 Å². The highest BCUT2D eigenvalue weighted by atomic mass is 16.7. The smallest absolute Gasteiger partial charge is 0.231 e. The number of para-hydroxylation sites is 1. The van der Waals surface area contributed by atoms with Gasteiger partial charge in [0, 0.05) is 24.6 Å². The first-order valence-corrected chi connectivity index (χ1v) is 9.33. The fourth-order valence-corrected chi connectivity index (χ4v) is 3.97. The van der Waals surface area contributed by atoms with E-state index in [1.807, 2.05) is 12.1 Å². The lowest BCUT2D eigenvalue weighted by Gasteiger charge is -2.38. The van der Waals surface area contributed by atoms with Crippen molar-refractivity contribution >= 4 is 0 Å². The third-order valence-electron chi connectivity index (χ3n) is 5.41. The molecule has 1 aromatic carbocycles. The molecular weight excluding hydrogens is 334 g/mol. The van der Waals surface area contributed by atoms with E-state index < -0.39 is 5.60 Å². The molecule has 1 N–H and O–H groups in total. The van der Waals surface area contributed by atoms with Gasteiger partial charge in [-0.2, -0.15) is 4.98 Å². The molecular formula is C19H23N3O4. The Morgan fingerprint density at radius 1 is 1.27 bits per heavy atom. The molecule has 1 saturated carbocycles. The van der Waals surface area contributed by atoms with Gasteiger partial charge in [-0.05, 0) is 38.3 Å². The van der Waals surface area contributed by atoms with Crippen LogP contribution in [0.15, 0.2) is 22.7 Å². The van der Waals surface area contributed by atoms with Gasteiger partial charge in [0.2, 0.25) is 12.7 Å². The molecule has 3 heterocycles. The maximum absolute atomic E-state index is 11.1. The minimum Gasteiger partial charge on any atom is -0.454 e. The summed E-state index contributed by atoms with van der Waals surface area (Å²) in [6, 6.07) is 5.96. The van der Waals surface area contributed by atoms with Gasteiger partial charge in [0.25, 0.3) is 0 Å². The Morgan fingerprint density at radius 3 is 3.08 bits per heavy atom. The number of rotatable bonds is 5. The standard InChI is InChI=1S/C19H23N3O4/c23-19(9-16-20-18(21-26-16)13-5-6-13)7-2-8-22(11-19)10-14-3-1-4-15-17(14)25-12-24-15/h1,3-4,13,23H,2,5-12H2. The Bertz CT molecular complexity index is 804. The average molecular weight is 357 g/mol. The van der Waals surface area contributed by atoms with Crippen molar-refractivity contribution in [3.8, 4) is 11.5 Å². The van der Waals surface area contributed by atoms with Crippen LogP contribution in [0.4, 0.5) is 0 Å². The van der Waals surface area contributed by atoms with Gasteiger partial charge >= 0.3 is 0 Å². The van der Waals surface area contributed by atoms with Crippen LogP contribution in [0.25, 0.3) is 0 Å². The Balaban J connectivity index is 1.27. The summed E-state index contributed by atoms with van der Waals surface area (Å²) in [4.78, 5) is 6.74. The molecule has 7 heteroatoms. The fraction of sp³-hybridized carbons (Fsp3) is 0.579. The highest BCUT2D eigenvalue weighted by molar-refractivity contribution is 5.48. The molecule has 1 unspecified atom stereocenters. The Labute approximate surface area is 151 Å². The molecule has 3 aliphatic rings. The van der Waals surface area contributed by atoms with E-state index in [2.05, 4.69) is 21.1 Å². The first-order valence-electron chi connectivity index (χ1n) is 9.33. The van der Waals surface area contributed by atoms with Crippen molar-refractivity contribution in [3.63, 3.8) is 0 Å².